The molecule has 1 fully saturated rings. The lowest BCUT2D eigenvalue weighted by Gasteiger charge is -2.16. The summed E-state index contributed by atoms with van der Waals surface area (Å²) in [6.45, 7) is 3.35. The van der Waals surface area contributed by atoms with Crippen LogP contribution in [0.3, 0.4) is 0 Å². The number of hydrogen-bond donors (Lipinski definition) is 0. The van der Waals surface area contributed by atoms with Gasteiger partial charge in [-0.25, -0.2) is 0 Å². The summed E-state index contributed by atoms with van der Waals surface area (Å²) in [5.74, 6) is 3.48. The minimum atomic E-state index is 0.290. The first-order chi connectivity index (χ1) is 18.6. The van der Waals surface area contributed by atoms with Crippen LogP contribution in [0.25, 0.3) is 11.4 Å². The van der Waals surface area contributed by atoms with E-state index in [1.165, 1.54) is 12.8 Å². The highest BCUT2D eigenvalue weighted by molar-refractivity contribution is 6.35. The number of benzene rings is 3. The van der Waals surface area contributed by atoms with Gasteiger partial charge in [-0.3, -0.25) is 4.90 Å². The van der Waals surface area contributed by atoms with Crippen LogP contribution in [0.2, 0.25) is 5.02 Å². The van der Waals surface area contributed by atoms with E-state index in [0.717, 1.165) is 35.7 Å². The Morgan fingerprint density at radius 3 is 2.03 bits per heavy atom. The maximum absolute atomic E-state index is 6.89. The summed E-state index contributed by atoms with van der Waals surface area (Å²) in [6, 6.07) is 19.0. The average Bonchev–Trinajstić information content (AvgIpc) is 3.65. The van der Waals surface area contributed by atoms with Crippen LogP contribution in [-0.4, -0.2) is 42.3 Å². The molecule has 2 heterocycles. The lowest BCUT2D eigenvalue weighted by atomic mass is 10.1. The zero-order chi connectivity index (χ0) is 26.3. The van der Waals surface area contributed by atoms with E-state index in [0.29, 0.717) is 53.6 Å². The van der Waals surface area contributed by atoms with E-state index in [1.807, 2.05) is 60.7 Å². The quantitative estimate of drug-likeness (QED) is 0.226. The van der Waals surface area contributed by atoms with Gasteiger partial charge in [0.25, 0.3) is 0 Å². The minimum absolute atomic E-state index is 0.290. The van der Waals surface area contributed by atoms with Gasteiger partial charge in [-0.2, -0.15) is 4.98 Å². The van der Waals surface area contributed by atoms with Gasteiger partial charge in [-0.05, 0) is 73.5 Å². The van der Waals surface area contributed by atoms with Gasteiger partial charge in [0.1, 0.15) is 24.7 Å². The van der Waals surface area contributed by atoms with Gasteiger partial charge in [0, 0.05) is 5.56 Å². The van der Waals surface area contributed by atoms with E-state index >= 15 is 0 Å². The lowest BCUT2D eigenvalue weighted by Crippen LogP contribution is -2.18. The van der Waals surface area contributed by atoms with Crippen LogP contribution in [0.15, 0.2) is 65.2 Å². The molecule has 198 valence electrons. The molecule has 8 nitrogen and oxygen atoms in total. The van der Waals surface area contributed by atoms with Crippen molar-refractivity contribution in [2.45, 2.75) is 32.6 Å². The molecule has 0 N–H and O–H groups in total. The Bertz CT molecular complexity index is 1340. The third-order valence-electron chi connectivity index (χ3n) is 6.42. The van der Waals surface area contributed by atoms with E-state index < -0.39 is 0 Å². The second-order valence-corrected chi connectivity index (χ2v) is 9.40. The first-order valence-electron chi connectivity index (χ1n) is 12.5. The Morgan fingerprint density at radius 1 is 0.816 bits per heavy atom. The van der Waals surface area contributed by atoms with Crippen LogP contribution in [0.5, 0.6) is 23.0 Å². The number of rotatable bonds is 11. The fraction of sp³-hybridized carbons (Fsp3) is 0.310. The third kappa shape index (κ3) is 6.20. The highest BCUT2D eigenvalue weighted by Crippen LogP contribution is 2.42. The second-order valence-electron chi connectivity index (χ2n) is 9.02. The van der Waals surface area contributed by atoms with Crippen molar-refractivity contribution in [1.29, 1.82) is 0 Å². The number of likely N-dealkylation sites (tertiary alicyclic amines) is 1. The first-order valence-corrected chi connectivity index (χ1v) is 12.9. The Labute approximate surface area is 227 Å². The van der Waals surface area contributed by atoms with Crippen molar-refractivity contribution in [2.24, 2.45) is 0 Å². The molecule has 0 aliphatic carbocycles. The molecule has 3 aromatic carbocycles. The predicted molar refractivity (Wildman–Crippen MR) is 144 cm³/mol. The molecule has 9 heteroatoms. The molecule has 1 aromatic heterocycles. The van der Waals surface area contributed by atoms with Crippen LogP contribution < -0.4 is 18.9 Å². The Morgan fingerprint density at radius 2 is 1.42 bits per heavy atom. The molecule has 0 amide bonds. The van der Waals surface area contributed by atoms with Crippen LogP contribution in [0.4, 0.5) is 0 Å². The van der Waals surface area contributed by atoms with Crippen molar-refractivity contribution in [3.8, 4) is 34.4 Å². The van der Waals surface area contributed by atoms with Crippen LogP contribution in [0, 0.1) is 0 Å². The van der Waals surface area contributed by atoms with Gasteiger partial charge in [0.15, 0.2) is 11.5 Å². The molecule has 1 aliphatic rings. The number of hydrogen-bond acceptors (Lipinski definition) is 8. The predicted octanol–water partition coefficient (Wildman–Crippen LogP) is 6.16. The number of nitrogens with zero attached hydrogens (tertiary/aromatic N) is 3. The molecule has 5 rings (SSSR count). The highest BCUT2D eigenvalue weighted by Gasteiger charge is 2.21. The summed E-state index contributed by atoms with van der Waals surface area (Å²) in [6.07, 6.45) is 2.39. The average molecular weight is 536 g/mol. The maximum Gasteiger partial charge on any atom is 0.241 e. The van der Waals surface area contributed by atoms with E-state index in [2.05, 4.69) is 15.0 Å². The fourth-order valence-corrected chi connectivity index (χ4v) is 4.58. The van der Waals surface area contributed by atoms with Crippen molar-refractivity contribution in [2.75, 3.05) is 27.3 Å². The van der Waals surface area contributed by atoms with E-state index in [-0.39, 0.29) is 0 Å². The standard InChI is InChI=1S/C29H30ClN3O5/c1-34-22-9-5-20(6-10-22)18-36-25-14-13-24(29-31-26(38-32-29)17-33-15-3-4-16-33)27(30)28(25)37-19-21-7-11-23(35-2)12-8-21/h5-14H,3-4,15-19H2,1-2H3. The van der Waals surface area contributed by atoms with E-state index in [9.17, 15) is 0 Å². The van der Waals surface area contributed by atoms with Crippen molar-refractivity contribution in [1.82, 2.24) is 15.0 Å². The molecular formula is C29H30ClN3O5. The summed E-state index contributed by atoms with van der Waals surface area (Å²) in [7, 11) is 3.28. The normalized spacial score (nSPS) is 13.4. The van der Waals surface area contributed by atoms with E-state index in [4.69, 9.17) is 35.1 Å². The SMILES string of the molecule is COc1ccc(COc2ccc(-c3noc(CN4CCCC4)n3)c(Cl)c2OCc2ccc(OC)cc2)cc1. The highest BCUT2D eigenvalue weighted by atomic mass is 35.5. The van der Waals surface area contributed by atoms with Gasteiger partial charge in [-0.15, -0.1) is 0 Å². The molecule has 0 bridgehead atoms. The molecular weight excluding hydrogens is 506 g/mol. The van der Waals surface area contributed by atoms with Gasteiger partial charge in [0.05, 0.1) is 25.8 Å². The number of ether oxygens (including phenoxy) is 4. The summed E-state index contributed by atoms with van der Waals surface area (Å²) >= 11 is 6.89. The second kappa shape index (κ2) is 12.2. The molecule has 4 aromatic rings. The maximum atomic E-state index is 6.89. The largest absolute Gasteiger partial charge is 0.497 e. The van der Waals surface area contributed by atoms with Crippen LogP contribution in [-0.2, 0) is 19.8 Å². The Kier molecular flexibility index (Phi) is 8.31. The number of aromatic nitrogens is 2. The third-order valence-corrected chi connectivity index (χ3v) is 6.80. The molecule has 0 spiro atoms. The Balaban J connectivity index is 1.38. The molecule has 0 radical (unpaired) electrons. The lowest BCUT2D eigenvalue weighted by molar-refractivity contribution is 0.256. The summed E-state index contributed by atoms with van der Waals surface area (Å²) in [5, 5.41) is 4.55. The van der Waals surface area contributed by atoms with Crippen molar-refractivity contribution < 1.29 is 23.5 Å². The molecule has 0 unspecified atom stereocenters. The smallest absolute Gasteiger partial charge is 0.241 e. The fourth-order valence-electron chi connectivity index (χ4n) is 4.28. The first kappa shape index (κ1) is 25.9. The monoisotopic (exact) mass is 535 g/mol. The van der Waals surface area contributed by atoms with E-state index in [1.54, 1.807) is 14.2 Å². The van der Waals surface area contributed by atoms with Crippen molar-refractivity contribution in [3.05, 3.63) is 82.7 Å². The molecule has 1 aliphatic heterocycles. The van der Waals surface area contributed by atoms with Gasteiger partial charge < -0.3 is 23.5 Å². The van der Waals surface area contributed by atoms with Crippen molar-refractivity contribution in [3.63, 3.8) is 0 Å². The van der Waals surface area contributed by atoms with Gasteiger partial charge >= 0.3 is 0 Å². The van der Waals surface area contributed by atoms with Crippen LogP contribution >= 0.6 is 11.6 Å². The molecule has 0 atom stereocenters. The van der Waals surface area contributed by atoms with Gasteiger partial charge in [-0.1, -0.05) is 41.0 Å². The summed E-state index contributed by atoms with van der Waals surface area (Å²) in [4.78, 5) is 6.90. The summed E-state index contributed by atoms with van der Waals surface area (Å²) < 4.78 is 28.4. The molecule has 1 saturated heterocycles. The van der Waals surface area contributed by atoms with Crippen LogP contribution in [0.1, 0.15) is 29.9 Å². The zero-order valence-electron chi connectivity index (χ0n) is 21.5. The topological polar surface area (TPSA) is 79.1 Å². The number of methoxy groups -OCH3 is 2. The molecule has 0 saturated carbocycles. The number of halogens is 1. The zero-order valence-corrected chi connectivity index (χ0v) is 22.2. The minimum Gasteiger partial charge on any atom is -0.497 e. The van der Waals surface area contributed by atoms with Crippen molar-refractivity contribution >= 4 is 11.6 Å². The Hall–Kier alpha value is -3.75. The summed E-state index contributed by atoms with van der Waals surface area (Å²) in [5.41, 5.74) is 2.56. The molecule has 38 heavy (non-hydrogen) atoms. The van der Waals surface area contributed by atoms with Gasteiger partial charge in [0.2, 0.25) is 11.7 Å².